The second kappa shape index (κ2) is 7.52. The molecule has 3 rings (SSSR count). The maximum absolute atomic E-state index is 13.3. The van der Waals surface area contributed by atoms with Gasteiger partial charge in [-0.05, 0) is 49.6 Å². The predicted octanol–water partition coefficient (Wildman–Crippen LogP) is 4.63. The third-order valence-corrected chi connectivity index (χ3v) is 6.52. The first-order valence-electron chi connectivity index (χ1n) is 8.66. The lowest BCUT2D eigenvalue weighted by Crippen LogP contribution is -2.32. The number of alkyl halides is 3. The molecule has 0 aromatic heterocycles. The van der Waals surface area contributed by atoms with E-state index in [4.69, 9.17) is 4.74 Å². The fourth-order valence-electron chi connectivity index (χ4n) is 3.37. The average Bonchev–Trinajstić information content (AvgIpc) is 3.12. The molecule has 4 nitrogen and oxygen atoms in total. The van der Waals surface area contributed by atoms with Crippen LogP contribution >= 0.6 is 0 Å². The van der Waals surface area contributed by atoms with Crippen molar-refractivity contribution in [2.24, 2.45) is 0 Å². The third-order valence-electron chi connectivity index (χ3n) is 4.56. The molecular weight excluding hydrogens is 379 g/mol. The number of sulfonamides is 1. The Balaban J connectivity index is 1.97. The van der Waals surface area contributed by atoms with Crippen molar-refractivity contribution < 1.29 is 26.3 Å². The number of ether oxygens (including phenoxy) is 1. The van der Waals surface area contributed by atoms with E-state index in [0.717, 1.165) is 17.7 Å². The maximum atomic E-state index is 13.3. The Kier molecular flexibility index (Phi) is 5.48. The van der Waals surface area contributed by atoms with Crippen LogP contribution in [0.25, 0.3) is 0 Å². The van der Waals surface area contributed by atoms with E-state index in [1.165, 1.54) is 16.4 Å². The van der Waals surface area contributed by atoms with Crippen molar-refractivity contribution in [2.75, 3.05) is 13.2 Å². The highest BCUT2D eigenvalue weighted by molar-refractivity contribution is 7.89. The Morgan fingerprint density at radius 1 is 1.11 bits per heavy atom. The van der Waals surface area contributed by atoms with Crippen LogP contribution < -0.4 is 4.74 Å². The van der Waals surface area contributed by atoms with E-state index < -0.39 is 32.7 Å². The zero-order chi connectivity index (χ0) is 19.7. The molecule has 27 heavy (non-hydrogen) atoms. The summed E-state index contributed by atoms with van der Waals surface area (Å²) in [5.41, 5.74) is -0.397. The molecule has 1 aliphatic rings. The van der Waals surface area contributed by atoms with E-state index in [9.17, 15) is 21.6 Å². The van der Waals surface area contributed by atoms with Gasteiger partial charge in [-0.3, -0.25) is 0 Å². The third kappa shape index (κ3) is 3.96. The summed E-state index contributed by atoms with van der Waals surface area (Å²) in [5, 5.41) is 0. The van der Waals surface area contributed by atoms with Gasteiger partial charge in [0.15, 0.2) is 0 Å². The second-order valence-electron chi connectivity index (χ2n) is 6.27. The second-order valence-corrected chi connectivity index (χ2v) is 8.13. The average molecular weight is 399 g/mol. The number of hydrogen-bond donors (Lipinski definition) is 0. The lowest BCUT2D eigenvalue weighted by atomic mass is 10.1. The summed E-state index contributed by atoms with van der Waals surface area (Å²) < 4.78 is 72.6. The summed E-state index contributed by atoms with van der Waals surface area (Å²) in [4.78, 5) is -0.699. The fourth-order valence-corrected chi connectivity index (χ4v) is 5.26. The molecule has 1 atom stereocenters. The van der Waals surface area contributed by atoms with Crippen molar-refractivity contribution in [3.63, 3.8) is 0 Å². The Hall–Kier alpha value is -2.06. The van der Waals surface area contributed by atoms with Crippen LogP contribution in [0.15, 0.2) is 53.4 Å². The molecule has 1 unspecified atom stereocenters. The minimum Gasteiger partial charge on any atom is -0.494 e. The molecule has 1 heterocycles. The number of rotatable bonds is 5. The Morgan fingerprint density at radius 2 is 1.78 bits per heavy atom. The van der Waals surface area contributed by atoms with Crippen LogP contribution in [0.1, 0.15) is 36.9 Å². The molecule has 0 radical (unpaired) electrons. The first-order chi connectivity index (χ1) is 12.7. The van der Waals surface area contributed by atoms with Gasteiger partial charge in [0, 0.05) is 6.54 Å². The number of hydrogen-bond acceptors (Lipinski definition) is 3. The minimum atomic E-state index is -4.74. The first kappa shape index (κ1) is 19.7. The van der Waals surface area contributed by atoms with E-state index >= 15 is 0 Å². The summed E-state index contributed by atoms with van der Waals surface area (Å²) in [6.45, 7) is 2.56. The van der Waals surface area contributed by atoms with E-state index in [1.54, 1.807) is 24.3 Å². The molecule has 2 aromatic rings. The van der Waals surface area contributed by atoms with Crippen LogP contribution in [-0.2, 0) is 16.2 Å². The molecule has 0 spiro atoms. The first-order valence-corrected chi connectivity index (χ1v) is 10.1. The van der Waals surface area contributed by atoms with Crippen LogP contribution in [0.4, 0.5) is 13.2 Å². The number of halogens is 3. The summed E-state index contributed by atoms with van der Waals surface area (Å²) in [7, 11) is -4.29. The summed E-state index contributed by atoms with van der Waals surface area (Å²) >= 11 is 0. The Labute approximate surface area is 156 Å². The topological polar surface area (TPSA) is 46.6 Å². The monoisotopic (exact) mass is 399 g/mol. The van der Waals surface area contributed by atoms with Crippen LogP contribution in [-0.4, -0.2) is 25.9 Å². The number of nitrogens with zero attached hydrogens (tertiary/aromatic N) is 1. The predicted molar refractivity (Wildman–Crippen MR) is 94.9 cm³/mol. The smallest absolute Gasteiger partial charge is 0.417 e. The highest BCUT2D eigenvalue weighted by Gasteiger charge is 2.42. The molecule has 146 valence electrons. The van der Waals surface area contributed by atoms with Gasteiger partial charge in [0.25, 0.3) is 0 Å². The zero-order valence-corrected chi connectivity index (χ0v) is 15.6. The van der Waals surface area contributed by atoms with Gasteiger partial charge in [0.1, 0.15) is 5.75 Å². The van der Waals surface area contributed by atoms with Crippen LogP contribution in [0.2, 0.25) is 0 Å². The molecule has 8 heteroatoms. The van der Waals surface area contributed by atoms with Crippen LogP contribution in [0.3, 0.4) is 0 Å². The molecular formula is C19H20F3NO3S. The summed E-state index contributed by atoms with van der Waals surface area (Å²) in [5.74, 6) is 0.663. The Bertz CT molecular complexity index is 895. The lowest BCUT2D eigenvalue weighted by Gasteiger charge is -2.26. The molecule has 0 aliphatic carbocycles. The van der Waals surface area contributed by atoms with Crippen molar-refractivity contribution >= 4 is 10.0 Å². The lowest BCUT2D eigenvalue weighted by molar-refractivity contribution is -0.139. The van der Waals surface area contributed by atoms with Crippen molar-refractivity contribution in [1.82, 2.24) is 4.31 Å². The van der Waals surface area contributed by atoms with Gasteiger partial charge >= 0.3 is 6.18 Å². The van der Waals surface area contributed by atoms with Crippen LogP contribution in [0.5, 0.6) is 5.75 Å². The zero-order valence-electron chi connectivity index (χ0n) is 14.7. The molecule has 0 N–H and O–H groups in total. The summed E-state index contributed by atoms with van der Waals surface area (Å²) in [6, 6.07) is 10.8. The molecule has 0 saturated carbocycles. The summed E-state index contributed by atoms with van der Waals surface area (Å²) in [6.07, 6.45) is -3.59. The van der Waals surface area contributed by atoms with Crippen molar-refractivity contribution in [3.05, 3.63) is 59.7 Å². The highest BCUT2D eigenvalue weighted by atomic mass is 32.2. The van der Waals surface area contributed by atoms with E-state index in [0.29, 0.717) is 25.2 Å². The molecule has 0 bridgehead atoms. The normalized spacial score (nSPS) is 18.6. The van der Waals surface area contributed by atoms with Crippen molar-refractivity contribution in [1.29, 1.82) is 0 Å². The molecule has 0 amide bonds. The van der Waals surface area contributed by atoms with Crippen LogP contribution in [0, 0.1) is 0 Å². The van der Waals surface area contributed by atoms with Crippen molar-refractivity contribution in [3.8, 4) is 5.75 Å². The molecule has 2 aromatic carbocycles. The quantitative estimate of drug-likeness (QED) is 0.737. The Morgan fingerprint density at radius 3 is 2.41 bits per heavy atom. The van der Waals surface area contributed by atoms with Gasteiger partial charge in [0.05, 0.1) is 23.1 Å². The standard InChI is InChI=1S/C19H20F3NO3S/c1-2-26-15-11-9-14(10-12-15)17-7-5-13-23(17)27(24,25)18-8-4-3-6-16(18)19(20,21)22/h3-4,6,8-12,17H,2,5,7,13H2,1H3. The molecule has 1 saturated heterocycles. The van der Waals surface area contributed by atoms with E-state index in [1.807, 2.05) is 6.92 Å². The van der Waals surface area contributed by atoms with Gasteiger partial charge in [0.2, 0.25) is 10.0 Å². The van der Waals surface area contributed by atoms with Gasteiger partial charge in [-0.25, -0.2) is 8.42 Å². The van der Waals surface area contributed by atoms with Gasteiger partial charge in [-0.15, -0.1) is 0 Å². The molecule has 1 aliphatic heterocycles. The van der Waals surface area contributed by atoms with Gasteiger partial charge < -0.3 is 4.74 Å². The van der Waals surface area contributed by atoms with E-state index in [2.05, 4.69) is 0 Å². The number of benzene rings is 2. The SMILES string of the molecule is CCOc1ccc(C2CCCN2S(=O)(=O)c2ccccc2C(F)(F)F)cc1. The highest BCUT2D eigenvalue weighted by Crippen LogP contribution is 2.40. The van der Waals surface area contributed by atoms with Gasteiger partial charge in [-0.1, -0.05) is 24.3 Å². The molecule has 1 fully saturated rings. The minimum absolute atomic E-state index is 0.187. The van der Waals surface area contributed by atoms with Crippen molar-refractivity contribution in [2.45, 2.75) is 36.9 Å². The van der Waals surface area contributed by atoms with E-state index in [-0.39, 0.29) is 6.54 Å². The maximum Gasteiger partial charge on any atom is 0.417 e. The van der Waals surface area contributed by atoms with Gasteiger partial charge in [-0.2, -0.15) is 17.5 Å². The largest absolute Gasteiger partial charge is 0.494 e. The fraction of sp³-hybridized carbons (Fsp3) is 0.368.